The fourth-order valence-corrected chi connectivity index (χ4v) is 2.89. The third-order valence-corrected chi connectivity index (χ3v) is 4.20. The standard InChI is InChI=1S/C17H17ClN2O5S/c1-10(25-17(22)14-8-5-12(18)9-15(14)19)16(21)11-3-6-13(7-4-11)20-26(2,23)24/h3-10,20H,19H2,1-2H3/t10-/m1/s1. The molecule has 0 spiro atoms. The van der Waals surface area contributed by atoms with Crippen molar-refractivity contribution < 1.29 is 22.7 Å². The van der Waals surface area contributed by atoms with Crippen LogP contribution in [0.5, 0.6) is 0 Å². The molecule has 3 N–H and O–H groups in total. The van der Waals surface area contributed by atoms with Crippen LogP contribution in [0.1, 0.15) is 27.6 Å². The number of anilines is 2. The van der Waals surface area contributed by atoms with Gasteiger partial charge in [0.2, 0.25) is 15.8 Å². The van der Waals surface area contributed by atoms with Gasteiger partial charge in [-0.2, -0.15) is 0 Å². The SMILES string of the molecule is C[C@@H](OC(=O)c1ccc(Cl)cc1N)C(=O)c1ccc(NS(C)(=O)=O)cc1. The molecule has 2 rings (SSSR count). The zero-order valence-corrected chi connectivity index (χ0v) is 15.6. The first-order valence-electron chi connectivity index (χ1n) is 7.45. The van der Waals surface area contributed by atoms with Gasteiger partial charge in [0.1, 0.15) is 0 Å². The summed E-state index contributed by atoms with van der Waals surface area (Å²) in [4.78, 5) is 24.5. The summed E-state index contributed by atoms with van der Waals surface area (Å²) >= 11 is 5.78. The second kappa shape index (κ2) is 7.76. The van der Waals surface area contributed by atoms with Crippen molar-refractivity contribution >= 4 is 44.8 Å². The van der Waals surface area contributed by atoms with E-state index in [-0.39, 0.29) is 16.8 Å². The van der Waals surface area contributed by atoms with Crippen molar-refractivity contribution in [3.8, 4) is 0 Å². The summed E-state index contributed by atoms with van der Waals surface area (Å²) in [6.45, 7) is 1.44. The van der Waals surface area contributed by atoms with Crippen LogP contribution in [0.2, 0.25) is 5.02 Å². The molecule has 9 heteroatoms. The van der Waals surface area contributed by atoms with Gasteiger partial charge in [0.25, 0.3) is 0 Å². The highest BCUT2D eigenvalue weighted by molar-refractivity contribution is 7.92. The first-order valence-corrected chi connectivity index (χ1v) is 9.72. The first kappa shape index (κ1) is 19.7. The van der Waals surface area contributed by atoms with E-state index in [1.165, 1.54) is 49.4 Å². The molecule has 0 bridgehead atoms. The molecule has 0 heterocycles. The summed E-state index contributed by atoms with van der Waals surface area (Å²) in [6, 6.07) is 10.1. The number of carbonyl (C=O) groups excluding carboxylic acids is 2. The van der Waals surface area contributed by atoms with Crippen molar-refractivity contribution in [2.24, 2.45) is 0 Å². The van der Waals surface area contributed by atoms with Gasteiger partial charge in [-0.3, -0.25) is 9.52 Å². The summed E-state index contributed by atoms with van der Waals surface area (Å²) < 4.78 is 29.8. The third-order valence-electron chi connectivity index (χ3n) is 3.36. The second-order valence-electron chi connectivity index (χ2n) is 5.59. The van der Waals surface area contributed by atoms with Gasteiger partial charge >= 0.3 is 5.97 Å². The summed E-state index contributed by atoms with van der Waals surface area (Å²) in [5.74, 6) is -1.17. The van der Waals surface area contributed by atoms with Gasteiger partial charge in [0.15, 0.2) is 6.10 Å². The van der Waals surface area contributed by atoms with E-state index in [1.54, 1.807) is 0 Å². The quantitative estimate of drug-likeness (QED) is 0.440. The number of ketones is 1. The van der Waals surface area contributed by atoms with E-state index in [2.05, 4.69) is 4.72 Å². The minimum Gasteiger partial charge on any atom is -0.451 e. The topological polar surface area (TPSA) is 116 Å². The van der Waals surface area contributed by atoms with E-state index in [0.717, 1.165) is 6.26 Å². The van der Waals surface area contributed by atoms with Crippen molar-refractivity contribution in [2.75, 3.05) is 16.7 Å². The number of Topliss-reactive ketones (excluding diaryl/α,β-unsaturated/α-hetero) is 1. The van der Waals surface area contributed by atoms with Crippen LogP contribution < -0.4 is 10.5 Å². The molecule has 0 aromatic heterocycles. The Morgan fingerprint density at radius 1 is 1.15 bits per heavy atom. The maximum Gasteiger partial charge on any atom is 0.340 e. The van der Waals surface area contributed by atoms with E-state index in [4.69, 9.17) is 22.1 Å². The number of esters is 1. The Labute approximate surface area is 156 Å². The van der Waals surface area contributed by atoms with Crippen molar-refractivity contribution in [1.29, 1.82) is 0 Å². The van der Waals surface area contributed by atoms with Gasteiger partial charge in [0.05, 0.1) is 11.8 Å². The summed E-state index contributed by atoms with van der Waals surface area (Å²) in [5, 5.41) is 0.381. The maximum absolute atomic E-state index is 12.4. The third kappa shape index (κ3) is 5.21. The number of hydrogen-bond acceptors (Lipinski definition) is 6. The molecule has 7 nitrogen and oxygen atoms in total. The van der Waals surface area contributed by atoms with Gasteiger partial charge in [0, 0.05) is 22.0 Å². The minimum absolute atomic E-state index is 0.113. The lowest BCUT2D eigenvalue weighted by atomic mass is 10.1. The second-order valence-corrected chi connectivity index (χ2v) is 7.78. The fraction of sp³-hybridized carbons (Fsp3) is 0.176. The summed E-state index contributed by atoms with van der Waals surface area (Å²) in [5.41, 5.74) is 6.58. The molecule has 1 atom stereocenters. The lowest BCUT2D eigenvalue weighted by Gasteiger charge is -2.14. The van der Waals surface area contributed by atoms with Gasteiger partial charge in [-0.1, -0.05) is 11.6 Å². The van der Waals surface area contributed by atoms with E-state index >= 15 is 0 Å². The molecular weight excluding hydrogens is 380 g/mol. The average molecular weight is 397 g/mol. The number of carbonyl (C=O) groups is 2. The van der Waals surface area contributed by atoms with Crippen LogP contribution >= 0.6 is 11.6 Å². The van der Waals surface area contributed by atoms with Crippen LogP contribution in [0.3, 0.4) is 0 Å². The maximum atomic E-state index is 12.4. The summed E-state index contributed by atoms with van der Waals surface area (Å²) in [6.07, 6.45) is -0.0259. The Morgan fingerprint density at radius 2 is 1.77 bits per heavy atom. The van der Waals surface area contributed by atoms with Crippen LogP contribution in [0, 0.1) is 0 Å². The molecule has 2 aromatic rings. The minimum atomic E-state index is -3.41. The largest absolute Gasteiger partial charge is 0.451 e. The molecule has 0 aliphatic carbocycles. The number of sulfonamides is 1. The van der Waals surface area contributed by atoms with Gasteiger partial charge < -0.3 is 10.5 Å². The normalized spacial score (nSPS) is 12.3. The van der Waals surface area contributed by atoms with Gasteiger partial charge in [-0.25, -0.2) is 13.2 Å². The zero-order chi connectivity index (χ0) is 19.5. The highest BCUT2D eigenvalue weighted by Gasteiger charge is 2.21. The Morgan fingerprint density at radius 3 is 2.31 bits per heavy atom. The van der Waals surface area contributed by atoms with Crippen LogP contribution in [0.4, 0.5) is 11.4 Å². The van der Waals surface area contributed by atoms with Crippen LogP contribution in [-0.4, -0.2) is 32.5 Å². The molecule has 26 heavy (non-hydrogen) atoms. The molecule has 0 aliphatic heterocycles. The predicted molar refractivity (Wildman–Crippen MR) is 100.0 cm³/mol. The van der Waals surface area contributed by atoms with E-state index in [1.807, 2.05) is 0 Å². The Kier molecular flexibility index (Phi) is 5.89. The Hall–Kier alpha value is -2.58. The summed E-state index contributed by atoms with van der Waals surface area (Å²) in [7, 11) is -3.41. The smallest absolute Gasteiger partial charge is 0.340 e. The first-order chi connectivity index (χ1) is 12.1. The number of benzene rings is 2. The molecule has 0 radical (unpaired) electrons. The molecular formula is C17H17ClN2O5S. The number of rotatable bonds is 6. The van der Waals surface area contributed by atoms with E-state index in [0.29, 0.717) is 10.7 Å². The highest BCUT2D eigenvalue weighted by atomic mass is 35.5. The number of hydrogen-bond donors (Lipinski definition) is 2. The lowest BCUT2D eigenvalue weighted by molar-refractivity contribution is 0.0320. The molecule has 0 aliphatic rings. The molecule has 0 amide bonds. The Bertz CT molecular complexity index is 942. The van der Waals surface area contributed by atoms with Crippen LogP contribution in [0.15, 0.2) is 42.5 Å². The average Bonchev–Trinajstić information content (AvgIpc) is 2.53. The fourth-order valence-electron chi connectivity index (χ4n) is 2.15. The number of ether oxygens (including phenoxy) is 1. The molecule has 0 unspecified atom stereocenters. The zero-order valence-electron chi connectivity index (χ0n) is 14.0. The number of halogens is 1. The molecule has 0 fully saturated rings. The van der Waals surface area contributed by atoms with Crippen LogP contribution in [0.25, 0.3) is 0 Å². The highest BCUT2D eigenvalue weighted by Crippen LogP contribution is 2.20. The van der Waals surface area contributed by atoms with E-state index < -0.39 is 27.9 Å². The van der Waals surface area contributed by atoms with Crippen molar-refractivity contribution in [3.05, 3.63) is 58.6 Å². The van der Waals surface area contributed by atoms with Gasteiger partial charge in [-0.15, -0.1) is 0 Å². The molecule has 138 valence electrons. The lowest BCUT2D eigenvalue weighted by Crippen LogP contribution is -2.25. The Balaban J connectivity index is 2.08. The molecule has 0 saturated carbocycles. The van der Waals surface area contributed by atoms with Gasteiger partial charge in [-0.05, 0) is 49.4 Å². The number of nitrogens with two attached hydrogens (primary N) is 1. The van der Waals surface area contributed by atoms with Crippen LogP contribution in [-0.2, 0) is 14.8 Å². The van der Waals surface area contributed by atoms with Crippen molar-refractivity contribution in [1.82, 2.24) is 0 Å². The van der Waals surface area contributed by atoms with E-state index in [9.17, 15) is 18.0 Å². The molecule has 0 saturated heterocycles. The monoisotopic (exact) mass is 396 g/mol. The molecule has 2 aromatic carbocycles. The van der Waals surface area contributed by atoms with Crippen molar-refractivity contribution in [3.63, 3.8) is 0 Å². The predicted octanol–water partition coefficient (Wildman–Crippen LogP) is 2.72. The van der Waals surface area contributed by atoms with Crippen molar-refractivity contribution in [2.45, 2.75) is 13.0 Å². The number of nitrogens with one attached hydrogen (secondary N) is 1. The number of nitrogen functional groups attached to an aromatic ring is 1.